The summed E-state index contributed by atoms with van der Waals surface area (Å²) < 4.78 is 16.1. The summed E-state index contributed by atoms with van der Waals surface area (Å²) in [4.78, 5) is 24.6. The van der Waals surface area contributed by atoms with Gasteiger partial charge in [0.2, 0.25) is 0 Å². The van der Waals surface area contributed by atoms with Crippen molar-refractivity contribution in [3.8, 4) is 0 Å². The van der Waals surface area contributed by atoms with E-state index in [9.17, 15) is 9.59 Å². The number of rotatable bonds is 6. The largest absolute Gasteiger partial charge is 0.467 e. The monoisotopic (exact) mass is 334 g/mol. The summed E-state index contributed by atoms with van der Waals surface area (Å²) in [6.45, 7) is 4.17. The maximum atomic E-state index is 12.7. The van der Waals surface area contributed by atoms with Crippen LogP contribution in [0.1, 0.15) is 45.1 Å². The zero-order valence-electron chi connectivity index (χ0n) is 14.7. The van der Waals surface area contributed by atoms with E-state index >= 15 is 0 Å². The molecule has 1 heterocycles. The van der Waals surface area contributed by atoms with Crippen molar-refractivity contribution in [2.45, 2.75) is 51.7 Å². The smallest absolute Gasteiger partial charge is 0.337 e. The van der Waals surface area contributed by atoms with Crippen molar-refractivity contribution in [2.75, 3.05) is 13.7 Å². The second-order valence-electron chi connectivity index (χ2n) is 6.60. The molecule has 0 bridgehead atoms. The van der Waals surface area contributed by atoms with Crippen molar-refractivity contribution in [3.05, 3.63) is 35.9 Å². The van der Waals surface area contributed by atoms with Crippen LogP contribution in [0, 0.1) is 5.41 Å². The molecule has 1 aromatic rings. The molecule has 0 spiro atoms. The summed E-state index contributed by atoms with van der Waals surface area (Å²) in [7, 11) is 1.35. The van der Waals surface area contributed by atoms with Gasteiger partial charge < -0.3 is 14.2 Å². The van der Waals surface area contributed by atoms with Gasteiger partial charge in [0.05, 0.1) is 19.1 Å². The van der Waals surface area contributed by atoms with Crippen molar-refractivity contribution < 1.29 is 23.8 Å². The minimum absolute atomic E-state index is 0.181. The second-order valence-corrected chi connectivity index (χ2v) is 6.60. The third kappa shape index (κ3) is 3.96. The first-order valence-electron chi connectivity index (χ1n) is 8.39. The van der Waals surface area contributed by atoms with E-state index in [0.717, 1.165) is 12.0 Å². The number of methoxy groups -OCH3 is 1. The Kier molecular flexibility index (Phi) is 5.99. The van der Waals surface area contributed by atoms with Crippen LogP contribution >= 0.6 is 0 Å². The Balaban J connectivity index is 2.03. The van der Waals surface area contributed by atoms with Crippen LogP contribution in [0.25, 0.3) is 0 Å². The number of benzene rings is 1. The highest BCUT2D eigenvalue weighted by molar-refractivity contribution is 5.81. The second kappa shape index (κ2) is 7.79. The van der Waals surface area contributed by atoms with E-state index in [1.165, 1.54) is 7.11 Å². The normalized spacial score (nSPS) is 26.6. The Morgan fingerprint density at radius 1 is 1.17 bits per heavy atom. The molecule has 2 rings (SSSR count). The van der Waals surface area contributed by atoms with Crippen LogP contribution in [-0.2, 0) is 30.4 Å². The lowest BCUT2D eigenvalue weighted by molar-refractivity contribution is -0.195. The lowest BCUT2D eigenvalue weighted by Crippen LogP contribution is -2.51. The molecule has 1 saturated heterocycles. The van der Waals surface area contributed by atoms with Gasteiger partial charge in [-0.15, -0.1) is 0 Å². The molecular formula is C19H26O5. The highest BCUT2D eigenvalue weighted by Gasteiger charge is 2.50. The van der Waals surface area contributed by atoms with Gasteiger partial charge in [0.15, 0.2) is 5.60 Å². The van der Waals surface area contributed by atoms with Gasteiger partial charge in [-0.05, 0) is 31.7 Å². The highest BCUT2D eigenvalue weighted by atomic mass is 16.6. The summed E-state index contributed by atoms with van der Waals surface area (Å²) in [5, 5.41) is 0. The van der Waals surface area contributed by atoms with Gasteiger partial charge in [0, 0.05) is 0 Å². The van der Waals surface area contributed by atoms with Gasteiger partial charge in [-0.25, -0.2) is 4.79 Å². The fourth-order valence-corrected chi connectivity index (χ4v) is 3.11. The molecule has 1 aliphatic rings. The molecule has 1 fully saturated rings. The SMILES string of the molecule is CCCC1(C(=O)OCc2ccccc2)CCC(C)(C(=O)OC)OC1. The number of carbonyl (C=O) groups excluding carboxylic acids is 2. The van der Waals surface area contributed by atoms with Gasteiger partial charge in [-0.1, -0.05) is 43.7 Å². The van der Waals surface area contributed by atoms with Crippen LogP contribution in [-0.4, -0.2) is 31.3 Å². The van der Waals surface area contributed by atoms with E-state index in [4.69, 9.17) is 14.2 Å². The maximum absolute atomic E-state index is 12.7. The molecule has 0 N–H and O–H groups in total. The maximum Gasteiger partial charge on any atom is 0.337 e. The van der Waals surface area contributed by atoms with Crippen molar-refractivity contribution in [1.29, 1.82) is 0 Å². The third-order valence-electron chi connectivity index (χ3n) is 4.74. The first-order valence-corrected chi connectivity index (χ1v) is 8.39. The third-order valence-corrected chi connectivity index (χ3v) is 4.74. The van der Waals surface area contributed by atoms with Crippen molar-refractivity contribution in [2.24, 2.45) is 5.41 Å². The van der Waals surface area contributed by atoms with Crippen molar-refractivity contribution in [1.82, 2.24) is 0 Å². The summed E-state index contributed by atoms with van der Waals surface area (Å²) in [6, 6.07) is 9.59. The average molecular weight is 334 g/mol. The molecule has 132 valence electrons. The molecule has 0 radical (unpaired) electrons. The number of esters is 2. The summed E-state index contributed by atoms with van der Waals surface area (Å²) in [6.07, 6.45) is 2.52. The van der Waals surface area contributed by atoms with E-state index in [0.29, 0.717) is 19.3 Å². The number of hydrogen-bond acceptors (Lipinski definition) is 5. The van der Waals surface area contributed by atoms with E-state index in [1.54, 1.807) is 6.92 Å². The zero-order valence-corrected chi connectivity index (χ0v) is 14.7. The molecule has 0 saturated carbocycles. The van der Waals surface area contributed by atoms with E-state index < -0.39 is 17.0 Å². The van der Waals surface area contributed by atoms with Gasteiger partial charge in [-0.3, -0.25) is 4.79 Å². The number of hydrogen-bond donors (Lipinski definition) is 0. The van der Waals surface area contributed by atoms with Gasteiger partial charge in [0.1, 0.15) is 6.61 Å². The Labute approximate surface area is 143 Å². The summed E-state index contributed by atoms with van der Waals surface area (Å²) >= 11 is 0. The molecule has 24 heavy (non-hydrogen) atoms. The lowest BCUT2D eigenvalue weighted by Gasteiger charge is -2.41. The van der Waals surface area contributed by atoms with Crippen LogP contribution in [0.15, 0.2) is 30.3 Å². The predicted molar refractivity (Wildman–Crippen MR) is 89.2 cm³/mol. The summed E-state index contributed by atoms with van der Waals surface area (Å²) in [5.74, 6) is -0.648. The van der Waals surface area contributed by atoms with Gasteiger partial charge in [-0.2, -0.15) is 0 Å². The number of ether oxygens (including phenoxy) is 3. The Bertz CT molecular complexity index is 558. The topological polar surface area (TPSA) is 61.8 Å². The standard InChI is InChI=1S/C19H26O5/c1-4-10-19(12-11-18(2,24-14-19)16(20)22-3)17(21)23-13-15-8-6-5-7-9-15/h5-9H,4,10-14H2,1-3H3. The molecule has 5 heteroatoms. The molecule has 5 nitrogen and oxygen atoms in total. The minimum Gasteiger partial charge on any atom is -0.467 e. The van der Waals surface area contributed by atoms with E-state index in [1.807, 2.05) is 37.3 Å². The van der Waals surface area contributed by atoms with E-state index in [2.05, 4.69) is 0 Å². The lowest BCUT2D eigenvalue weighted by atomic mass is 9.75. The molecule has 1 aliphatic heterocycles. The average Bonchev–Trinajstić information content (AvgIpc) is 2.62. The molecule has 0 aromatic heterocycles. The van der Waals surface area contributed by atoms with Crippen molar-refractivity contribution in [3.63, 3.8) is 0 Å². The fraction of sp³-hybridized carbons (Fsp3) is 0.579. The Hall–Kier alpha value is -1.88. The molecule has 2 atom stereocenters. The zero-order chi connectivity index (χ0) is 17.6. The molecule has 0 amide bonds. The molecule has 1 aromatic carbocycles. The first-order chi connectivity index (χ1) is 11.5. The van der Waals surface area contributed by atoms with Crippen LogP contribution in [0.2, 0.25) is 0 Å². The van der Waals surface area contributed by atoms with Gasteiger partial charge >= 0.3 is 11.9 Å². The number of carbonyl (C=O) groups is 2. The van der Waals surface area contributed by atoms with Crippen LogP contribution in [0.3, 0.4) is 0 Å². The minimum atomic E-state index is -0.980. The Morgan fingerprint density at radius 2 is 1.88 bits per heavy atom. The fourth-order valence-electron chi connectivity index (χ4n) is 3.11. The van der Waals surface area contributed by atoms with Gasteiger partial charge in [0.25, 0.3) is 0 Å². The molecule has 0 aliphatic carbocycles. The highest BCUT2D eigenvalue weighted by Crippen LogP contribution is 2.41. The first kappa shape index (κ1) is 18.5. The van der Waals surface area contributed by atoms with Crippen molar-refractivity contribution >= 4 is 11.9 Å². The van der Waals surface area contributed by atoms with Crippen LogP contribution < -0.4 is 0 Å². The van der Waals surface area contributed by atoms with E-state index in [-0.39, 0.29) is 19.2 Å². The van der Waals surface area contributed by atoms with Crippen LogP contribution in [0.4, 0.5) is 0 Å². The Morgan fingerprint density at radius 3 is 2.42 bits per heavy atom. The van der Waals surface area contributed by atoms with Crippen LogP contribution in [0.5, 0.6) is 0 Å². The predicted octanol–water partition coefficient (Wildman–Crippen LogP) is 3.26. The quantitative estimate of drug-likeness (QED) is 0.747. The molecule has 2 unspecified atom stereocenters. The molecular weight excluding hydrogens is 308 g/mol. The summed E-state index contributed by atoms with van der Waals surface area (Å²) in [5.41, 5.74) is -0.711.